The van der Waals surface area contributed by atoms with E-state index in [0.717, 1.165) is 24.0 Å². The molecule has 0 spiro atoms. The quantitative estimate of drug-likeness (QED) is 0.539. The number of carbonyl (C=O) groups is 3. The Balaban J connectivity index is 1.81. The molecule has 2 aromatic rings. The van der Waals surface area contributed by atoms with Gasteiger partial charge in [0.15, 0.2) is 0 Å². The van der Waals surface area contributed by atoms with E-state index in [9.17, 15) is 19.5 Å². The van der Waals surface area contributed by atoms with Gasteiger partial charge in [0, 0.05) is 18.3 Å². The molecule has 0 aromatic heterocycles. The van der Waals surface area contributed by atoms with Gasteiger partial charge in [-0.05, 0) is 82.0 Å². The van der Waals surface area contributed by atoms with Crippen LogP contribution in [-0.2, 0) is 14.3 Å². The number of aryl methyl sites for hydroxylation is 2. The fraction of sp³-hybridized carbons (Fsp3) is 0.375. The van der Waals surface area contributed by atoms with Crippen LogP contribution in [0, 0.1) is 13.8 Å². The smallest absolute Gasteiger partial charge is 0.397 e. The summed E-state index contributed by atoms with van der Waals surface area (Å²) in [5.41, 5.74) is 2.08. The van der Waals surface area contributed by atoms with Crippen molar-refractivity contribution in [2.45, 2.75) is 46.6 Å². The van der Waals surface area contributed by atoms with Crippen LogP contribution in [0.4, 0.5) is 5.69 Å². The molecule has 1 aliphatic heterocycles. The van der Waals surface area contributed by atoms with Gasteiger partial charge in [0.2, 0.25) is 0 Å². The highest BCUT2D eigenvalue weighted by molar-refractivity contribution is 6.37. The number of hydrogen-bond donors (Lipinski definition) is 2. The van der Waals surface area contributed by atoms with Crippen LogP contribution in [-0.4, -0.2) is 47.0 Å². The third-order valence-electron chi connectivity index (χ3n) is 5.41. The molecule has 1 aliphatic rings. The van der Waals surface area contributed by atoms with Gasteiger partial charge >= 0.3 is 11.9 Å². The van der Waals surface area contributed by atoms with Crippen LogP contribution in [0.15, 0.2) is 30.3 Å². The van der Waals surface area contributed by atoms with Crippen LogP contribution in [0.25, 0.3) is 0 Å². The number of carbonyl (C=O) groups excluding carboxylic acids is 3. The third-order valence-corrected chi connectivity index (χ3v) is 5.41. The summed E-state index contributed by atoms with van der Waals surface area (Å²) in [6, 6.07) is 8.07. The lowest BCUT2D eigenvalue weighted by Gasteiger charge is -2.22. The number of amides is 2. The Bertz CT molecular complexity index is 1030. The van der Waals surface area contributed by atoms with Gasteiger partial charge in [0.25, 0.3) is 5.91 Å². The number of nitrogens with zero attached hydrogens (tertiary/aromatic N) is 1. The molecule has 1 heterocycles. The molecule has 0 radical (unpaired) electrons. The van der Waals surface area contributed by atoms with E-state index in [4.69, 9.17) is 9.47 Å². The predicted molar refractivity (Wildman–Crippen MR) is 119 cm³/mol. The molecule has 0 saturated carbocycles. The maximum absolute atomic E-state index is 12.9. The highest BCUT2D eigenvalue weighted by Gasteiger charge is 2.28. The first-order valence-electron chi connectivity index (χ1n) is 10.6. The van der Waals surface area contributed by atoms with E-state index in [-0.39, 0.29) is 29.9 Å². The summed E-state index contributed by atoms with van der Waals surface area (Å²) in [5, 5.41) is 12.8. The number of hydrogen-bond acceptors (Lipinski definition) is 6. The Morgan fingerprint density at radius 3 is 2.44 bits per heavy atom. The molecule has 0 aliphatic carbocycles. The first-order valence-corrected chi connectivity index (χ1v) is 10.6. The summed E-state index contributed by atoms with van der Waals surface area (Å²) < 4.78 is 10.7. The van der Waals surface area contributed by atoms with Crippen molar-refractivity contribution in [1.29, 1.82) is 0 Å². The van der Waals surface area contributed by atoms with Gasteiger partial charge in [-0.3, -0.25) is 9.59 Å². The van der Waals surface area contributed by atoms with E-state index in [1.165, 1.54) is 12.1 Å². The second-order valence-corrected chi connectivity index (χ2v) is 7.88. The van der Waals surface area contributed by atoms with Gasteiger partial charge in [0.1, 0.15) is 17.2 Å². The van der Waals surface area contributed by atoms with Crippen molar-refractivity contribution in [3.63, 3.8) is 0 Å². The Morgan fingerprint density at radius 2 is 1.84 bits per heavy atom. The monoisotopic (exact) mass is 440 g/mol. The van der Waals surface area contributed by atoms with Crippen molar-refractivity contribution < 1.29 is 29.0 Å². The van der Waals surface area contributed by atoms with Crippen LogP contribution in [0.2, 0.25) is 0 Å². The second kappa shape index (κ2) is 9.72. The zero-order valence-corrected chi connectivity index (χ0v) is 18.7. The lowest BCUT2D eigenvalue weighted by Crippen LogP contribution is -2.33. The molecule has 2 N–H and O–H groups in total. The molecule has 2 aromatic carbocycles. The minimum atomic E-state index is -0.947. The van der Waals surface area contributed by atoms with Crippen molar-refractivity contribution in [2.24, 2.45) is 0 Å². The number of likely N-dealkylation sites (tertiary alicyclic amines) is 1. The van der Waals surface area contributed by atoms with Crippen LogP contribution in [0.3, 0.4) is 0 Å². The average molecular weight is 440 g/mol. The van der Waals surface area contributed by atoms with Crippen molar-refractivity contribution in [1.82, 2.24) is 4.90 Å². The topological polar surface area (TPSA) is 105 Å². The van der Waals surface area contributed by atoms with E-state index in [0.29, 0.717) is 23.7 Å². The summed E-state index contributed by atoms with van der Waals surface area (Å²) in [6.45, 7) is 8.02. The average Bonchev–Trinajstić information content (AvgIpc) is 3.17. The number of nitrogens with one attached hydrogen (secondary N) is 1. The molecule has 0 bridgehead atoms. The fourth-order valence-corrected chi connectivity index (χ4v) is 3.82. The Labute approximate surface area is 187 Å². The van der Waals surface area contributed by atoms with Crippen molar-refractivity contribution >= 4 is 23.5 Å². The summed E-state index contributed by atoms with van der Waals surface area (Å²) in [4.78, 5) is 38.1. The minimum Gasteiger partial charge on any atom is -0.507 e. The normalized spacial score (nSPS) is 15.4. The first kappa shape index (κ1) is 23.1. The van der Waals surface area contributed by atoms with E-state index >= 15 is 0 Å². The molecule has 1 fully saturated rings. The number of benzene rings is 2. The SMILES string of the molecule is CCOC(=O)C(=O)Nc1cc(C)c(Oc2ccc(O)c(C(=O)N3CCCC3C)c2)c(C)c1. The zero-order valence-electron chi connectivity index (χ0n) is 18.7. The molecule has 1 unspecified atom stereocenters. The molecule has 32 heavy (non-hydrogen) atoms. The number of ether oxygens (including phenoxy) is 2. The van der Waals surface area contributed by atoms with Gasteiger partial charge in [0.05, 0.1) is 12.2 Å². The highest BCUT2D eigenvalue weighted by atomic mass is 16.5. The molecule has 170 valence electrons. The highest BCUT2D eigenvalue weighted by Crippen LogP contribution is 2.34. The van der Waals surface area contributed by atoms with Crippen molar-refractivity contribution in [3.8, 4) is 17.2 Å². The summed E-state index contributed by atoms with van der Waals surface area (Å²) in [7, 11) is 0. The molecule has 8 nitrogen and oxygen atoms in total. The molecule has 3 rings (SSSR count). The lowest BCUT2D eigenvalue weighted by atomic mass is 10.1. The molecular formula is C24H28N2O6. The van der Waals surface area contributed by atoms with E-state index in [1.807, 2.05) is 6.92 Å². The van der Waals surface area contributed by atoms with Crippen molar-refractivity contribution in [2.75, 3.05) is 18.5 Å². The van der Waals surface area contributed by atoms with Crippen LogP contribution < -0.4 is 10.1 Å². The molecule has 1 atom stereocenters. The van der Waals surface area contributed by atoms with E-state index in [1.54, 1.807) is 43.9 Å². The second-order valence-electron chi connectivity index (χ2n) is 7.88. The molecule has 8 heteroatoms. The Hall–Kier alpha value is -3.55. The molecule has 2 amide bonds. The number of anilines is 1. The zero-order chi connectivity index (χ0) is 23.4. The number of phenolic OH excluding ortho intramolecular Hbond substituents is 1. The van der Waals surface area contributed by atoms with Crippen LogP contribution in [0.5, 0.6) is 17.2 Å². The number of esters is 1. The number of rotatable bonds is 5. The van der Waals surface area contributed by atoms with E-state index < -0.39 is 11.9 Å². The molecule has 1 saturated heterocycles. The third kappa shape index (κ3) is 5.01. The lowest BCUT2D eigenvalue weighted by molar-refractivity contribution is -0.152. The number of phenols is 1. The first-order chi connectivity index (χ1) is 15.2. The van der Waals surface area contributed by atoms with E-state index in [2.05, 4.69) is 5.32 Å². The number of aromatic hydroxyl groups is 1. The van der Waals surface area contributed by atoms with Crippen LogP contribution in [0.1, 0.15) is 48.2 Å². The van der Waals surface area contributed by atoms with Gasteiger partial charge in [-0.15, -0.1) is 0 Å². The fourth-order valence-electron chi connectivity index (χ4n) is 3.82. The summed E-state index contributed by atoms with van der Waals surface area (Å²) in [6.07, 6.45) is 1.89. The maximum Gasteiger partial charge on any atom is 0.397 e. The van der Waals surface area contributed by atoms with Crippen molar-refractivity contribution in [3.05, 3.63) is 47.0 Å². The Kier molecular flexibility index (Phi) is 7.02. The van der Waals surface area contributed by atoms with Gasteiger partial charge in [-0.25, -0.2) is 4.79 Å². The van der Waals surface area contributed by atoms with Crippen LogP contribution >= 0.6 is 0 Å². The van der Waals surface area contributed by atoms with Gasteiger partial charge in [-0.2, -0.15) is 0 Å². The van der Waals surface area contributed by atoms with Gasteiger partial charge in [-0.1, -0.05) is 0 Å². The summed E-state index contributed by atoms with van der Waals surface area (Å²) >= 11 is 0. The van der Waals surface area contributed by atoms with Gasteiger partial charge < -0.3 is 24.8 Å². The summed E-state index contributed by atoms with van der Waals surface area (Å²) in [5.74, 6) is -1.14. The largest absolute Gasteiger partial charge is 0.507 e. The Morgan fingerprint density at radius 1 is 1.16 bits per heavy atom. The standard InChI is InChI=1S/C24H28N2O6/c1-5-31-24(30)22(28)25-17-11-14(2)21(15(3)12-17)32-18-8-9-20(27)19(13-18)23(29)26-10-6-7-16(26)4/h8-9,11-13,16,27H,5-7,10H2,1-4H3,(H,25,28). The minimum absolute atomic E-state index is 0.0908. The maximum atomic E-state index is 12.9. The molecular weight excluding hydrogens is 412 g/mol. The predicted octanol–water partition coefficient (Wildman–Crippen LogP) is 3.93.